The number of aryl methyl sites for hydroxylation is 1. The number of aromatic nitrogens is 1. The zero-order valence-corrected chi connectivity index (χ0v) is 14.2. The summed E-state index contributed by atoms with van der Waals surface area (Å²) in [6.07, 6.45) is 0. The summed E-state index contributed by atoms with van der Waals surface area (Å²) in [6.45, 7) is 8.60. The fourth-order valence-corrected chi connectivity index (χ4v) is 2.40. The molecule has 1 aromatic carbocycles. The molecule has 0 aliphatic heterocycles. The lowest BCUT2D eigenvalue weighted by Gasteiger charge is -2.20. The molecule has 4 heteroatoms. The van der Waals surface area contributed by atoms with Gasteiger partial charge in [-0.1, -0.05) is 44.5 Å². The van der Waals surface area contributed by atoms with Gasteiger partial charge in [0.1, 0.15) is 5.75 Å². The van der Waals surface area contributed by atoms with Crippen molar-refractivity contribution < 1.29 is 4.74 Å². The largest absolute Gasteiger partial charge is 0.439 e. The van der Waals surface area contributed by atoms with Gasteiger partial charge in [-0.3, -0.25) is 0 Å². The van der Waals surface area contributed by atoms with Gasteiger partial charge in [-0.2, -0.15) is 0 Å². The number of nitrogens with zero attached hydrogens (tertiary/aromatic N) is 1. The first-order valence-electron chi connectivity index (χ1n) is 6.81. The van der Waals surface area contributed by atoms with E-state index in [9.17, 15) is 0 Å². The predicted octanol–water partition coefficient (Wildman–Crippen LogP) is 5.87. The van der Waals surface area contributed by atoms with Gasteiger partial charge < -0.3 is 4.74 Å². The first kappa shape index (κ1) is 16.1. The van der Waals surface area contributed by atoms with Gasteiger partial charge in [-0.15, -0.1) is 11.6 Å². The Balaban J connectivity index is 2.28. The lowest BCUT2D eigenvalue weighted by molar-refractivity contribution is 0.457. The monoisotopic (exact) mass is 323 g/mol. The van der Waals surface area contributed by atoms with Gasteiger partial charge in [0, 0.05) is 6.07 Å². The summed E-state index contributed by atoms with van der Waals surface area (Å²) in [5.74, 6) is 1.55. The molecule has 0 fully saturated rings. The SMILES string of the molecule is Cc1cc(C(C)(C)C)ccc1Oc1ccc(Cl)c(CCl)n1. The Kier molecular flexibility index (Phi) is 4.80. The molecule has 1 heterocycles. The van der Waals surface area contributed by atoms with E-state index in [0.29, 0.717) is 16.6 Å². The molecule has 0 bridgehead atoms. The molecule has 0 saturated carbocycles. The van der Waals surface area contributed by atoms with Crippen LogP contribution in [-0.2, 0) is 11.3 Å². The maximum absolute atomic E-state index is 6.00. The third-order valence-electron chi connectivity index (χ3n) is 3.28. The molecule has 0 N–H and O–H groups in total. The van der Waals surface area contributed by atoms with E-state index in [1.54, 1.807) is 12.1 Å². The standard InChI is InChI=1S/C17H19Cl2NO/c1-11-9-12(17(2,3)4)5-7-15(11)21-16-8-6-13(19)14(10-18)20-16/h5-9H,10H2,1-4H3. The molecule has 0 radical (unpaired) electrons. The average Bonchev–Trinajstić information content (AvgIpc) is 2.42. The summed E-state index contributed by atoms with van der Waals surface area (Å²) in [5, 5.41) is 0.553. The van der Waals surface area contributed by atoms with Crippen LogP contribution in [0, 0.1) is 6.92 Å². The Hall–Kier alpha value is -1.25. The van der Waals surface area contributed by atoms with Crippen LogP contribution in [0.15, 0.2) is 30.3 Å². The van der Waals surface area contributed by atoms with E-state index < -0.39 is 0 Å². The van der Waals surface area contributed by atoms with Crippen LogP contribution >= 0.6 is 23.2 Å². The second-order valence-corrected chi connectivity index (χ2v) is 6.72. The molecule has 0 aliphatic carbocycles. The van der Waals surface area contributed by atoms with E-state index >= 15 is 0 Å². The number of hydrogen-bond donors (Lipinski definition) is 0. The van der Waals surface area contributed by atoms with Gasteiger partial charge in [0.05, 0.1) is 16.6 Å². The summed E-state index contributed by atoms with van der Waals surface area (Å²) in [4.78, 5) is 4.31. The van der Waals surface area contributed by atoms with Gasteiger partial charge in [0.25, 0.3) is 0 Å². The van der Waals surface area contributed by atoms with Gasteiger partial charge >= 0.3 is 0 Å². The van der Waals surface area contributed by atoms with E-state index in [1.807, 2.05) is 13.0 Å². The van der Waals surface area contributed by atoms with Crippen molar-refractivity contribution in [2.24, 2.45) is 0 Å². The van der Waals surface area contributed by atoms with Crippen LogP contribution in [0.25, 0.3) is 0 Å². The van der Waals surface area contributed by atoms with E-state index in [1.165, 1.54) is 5.56 Å². The van der Waals surface area contributed by atoms with E-state index in [-0.39, 0.29) is 11.3 Å². The Labute approximate surface area is 136 Å². The highest BCUT2D eigenvalue weighted by molar-refractivity contribution is 6.32. The topological polar surface area (TPSA) is 22.1 Å². The van der Waals surface area contributed by atoms with Crippen LogP contribution in [-0.4, -0.2) is 4.98 Å². The first-order valence-corrected chi connectivity index (χ1v) is 7.73. The molecule has 1 aromatic heterocycles. The third-order valence-corrected chi connectivity index (χ3v) is 3.87. The summed E-state index contributed by atoms with van der Waals surface area (Å²) < 4.78 is 5.85. The van der Waals surface area contributed by atoms with Crippen LogP contribution in [0.3, 0.4) is 0 Å². The highest BCUT2D eigenvalue weighted by Gasteiger charge is 2.15. The fourth-order valence-electron chi connectivity index (χ4n) is 1.96. The van der Waals surface area contributed by atoms with E-state index in [4.69, 9.17) is 27.9 Å². The Morgan fingerprint density at radius 1 is 1.14 bits per heavy atom. The normalized spacial score (nSPS) is 11.5. The quantitative estimate of drug-likeness (QED) is 0.659. The molecular formula is C17H19Cl2NO. The maximum Gasteiger partial charge on any atom is 0.219 e. The summed E-state index contributed by atoms with van der Waals surface area (Å²) in [7, 11) is 0. The lowest BCUT2D eigenvalue weighted by atomic mass is 9.86. The van der Waals surface area contributed by atoms with Crippen LogP contribution < -0.4 is 4.74 Å². The number of pyridine rings is 1. The number of rotatable bonds is 3. The molecule has 0 saturated heterocycles. The van der Waals surface area contributed by atoms with E-state index in [2.05, 4.69) is 37.9 Å². The summed E-state index contributed by atoms with van der Waals surface area (Å²) in [5.41, 5.74) is 3.09. The molecular weight excluding hydrogens is 305 g/mol. The molecule has 2 aromatic rings. The minimum Gasteiger partial charge on any atom is -0.439 e. The Morgan fingerprint density at radius 3 is 2.43 bits per heavy atom. The molecule has 0 amide bonds. The first-order chi connectivity index (χ1) is 9.81. The number of alkyl halides is 1. The zero-order chi connectivity index (χ0) is 15.6. The minimum atomic E-state index is 0.119. The summed E-state index contributed by atoms with van der Waals surface area (Å²) >= 11 is 11.8. The number of ether oxygens (including phenoxy) is 1. The van der Waals surface area contributed by atoms with Crippen LogP contribution in [0.1, 0.15) is 37.6 Å². The van der Waals surface area contributed by atoms with Crippen molar-refractivity contribution in [1.82, 2.24) is 4.98 Å². The smallest absolute Gasteiger partial charge is 0.219 e. The van der Waals surface area contributed by atoms with Crippen molar-refractivity contribution >= 4 is 23.2 Å². The van der Waals surface area contributed by atoms with Crippen LogP contribution in [0.4, 0.5) is 0 Å². The Bertz CT molecular complexity index is 648. The fraction of sp³-hybridized carbons (Fsp3) is 0.353. The highest BCUT2D eigenvalue weighted by Crippen LogP contribution is 2.30. The predicted molar refractivity (Wildman–Crippen MR) is 88.8 cm³/mol. The van der Waals surface area contributed by atoms with Crippen molar-refractivity contribution in [3.63, 3.8) is 0 Å². The third kappa shape index (κ3) is 3.90. The molecule has 0 aliphatic rings. The second kappa shape index (κ2) is 6.25. The van der Waals surface area contributed by atoms with Gasteiger partial charge in [-0.05, 0) is 35.6 Å². The molecule has 0 atom stereocenters. The minimum absolute atomic E-state index is 0.119. The van der Waals surface area contributed by atoms with Gasteiger partial charge in [0.15, 0.2) is 0 Å². The molecule has 0 unspecified atom stereocenters. The highest BCUT2D eigenvalue weighted by atomic mass is 35.5. The Morgan fingerprint density at radius 2 is 1.86 bits per heavy atom. The zero-order valence-electron chi connectivity index (χ0n) is 12.7. The average molecular weight is 324 g/mol. The van der Waals surface area contributed by atoms with Gasteiger partial charge in [-0.25, -0.2) is 4.98 Å². The molecule has 2 nitrogen and oxygen atoms in total. The molecule has 112 valence electrons. The number of hydrogen-bond acceptors (Lipinski definition) is 2. The molecule has 0 spiro atoms. The number of benzene rings is 1. The number of halogens is 2. The van der Waals surface area contributed by atoms with Gasteiger partial charge in [0.2, 0.25) is 5.88 Å². The van der Waals surface area contributed by atoms with Crippen molar-refractivity contribution in [3.8, 4) is 11.6 Å². The molecule has 2 rings (SSSR count). The summed E-state index contributed by atoms with van der Waals surface area (Å²) in [6, 6.07) is 9.71. The molecule has 21 heavy (non-hydrogen) atoms. The van der Waals surface area contributed by atoms with E-state index in [0.717, 1.165) is 11.3 Å². The lowest BCUT2D eigenvalue weighted by Crippen LogP contribution is -2.11. The van der Waals surface area contributed by atoms with Crippen molar-refractivity contribution in [1.29, 1.82) is 0 Å². The van der Waals surface area contributed by atoms with Crippen molar-refractivity contribution in [3.05, 3.63) is 52.2 Å². The second-order valence-electron chi connectivity index (χ2n) is 6.04. The van der Waals surface area contributed by atoms with Crippen molar-refractivity contribution in [2.45, 2.75) is 39.0 Å². The van der Waals surface area contributed by atoms with Crippen molar-refractivity contribution in [2.75, 3.05) is 0 Å². The maximum atomic E-state index is 6.00. The van der Waals surface area contributed by atoms with Crippen LogP contribution in [0.2, 0.25) is 5.02 Å². The van der Waals surface area contributed by atoms with Crippen LogP contribution in [0.5, 0.6) is 11.6 Å².